The van der Waals surface area contributed by atoms with Gasteiger partial charge in [0.2, 0.25) is 10.0 Å². The minimum atomic E-state index is -3.64. The summed E-state index contributed by atoms with van der Waals surface area (Å²) in [6, 6.07) is 3.57. The van der Waals surface area contributed by atoms with Gasteiger partial charge in [0.15, 0.2) is 0 Å². The third kappa shape index (κ3) is 3.51. The van der Waals surface area contributed by atoms with Crippen molar-refractivity contribution in [2.24, 2.45) is 0 Å². The molecule has 0 radical (unpaired) electrons. The highest BCUT2D eigenvalue weighted by atomic mass is 32.2. The zero-order chi connectivity index (χ0) is 15.5. The molecule has 0 amide bonds. The molecule has 2 N–H and O–H groups in total. The second kappa shape index (κ2) is 6.40. The highest BCUT2D eigenvalue weighted by Gasteiger charge is 2.26. The number of anilines is 1. The fourth-order valence-electron chi connectivity index (χ4n) is 2.47. The van der Waals surface area contributed by atoms with Crippen LogP contribution >= 0.6 is 0 Å². The van der Waals surface area contributed by atoms with E-state index < -0.39 is 14.9 Å². The summed E-state index contributed by atoms with van der Waals surface area (Å²) < 4.78 is 26.6. The third-order valence-electron chi connectivity index (χ3n) is 3.65. The number of nitrogens with zero attached hydrogens (tertiary/aromatic N) is 2. The average molecular weight is 313 g/mol. The normalized spacial score (nSPS) is 17.9. The largest absolute Gasteiger partial charge is 0.393 e. The Hall–Kier alpha value is -1.67. The van der Waals surface area contributed by atoms with Gasteiger partial charge in [0.05, 0.1) is 9.82 Å². The Morgan fingerprint density at radius 3 is 2.19 bits per heavy atom. The first kappa shape index (κ1) is 15.7. The van der Waals surface area contributed by atoms with Gasteiger partial charge in [0.1, 0.15) is 5.69 Å². The van der Waals surface area contributed by atoms with E-state index in [1.807, 2.05) is 0 Å². The number of rotatable bonds is 3. The fraction of sp³-hybridized carbons (Fsp3) is 0.538. The molecule has 0 saturated carbocycles. The molecule has 1 aromatic carbocycles. The van der Waals surface area contributed by atoms with Crippen molar-refractivity contribution in [3.8, 4) is 0 Å². The smallest absolute Gasteiger partial charge is 0.292 e. The first-order chi connectivity index (χ1) is 9.93. The summed E-state index contributed by atoms with van der Waals surface area (Å²) >= 11 is 0. The van der Waals surface area contributed by atoms with Gasteiger partial charge in [-0.25, -0.2) is 8.42 Å². The fourth-order valence-corrected chi connectivity index (χ4v) is 4.02. The SMILES string of the molecule is Nc1cc(S(=O)(=O)N2CCCCCCC2)ccc1[N+](=O)[O-]. The second-order valence-corrected chi connectivity index (χ2v) is 7.09. The van der Waals surface area contributed by atoms with Crippen molar-refractivity contribution in [1.82, 2.24) is 4.31 Å². The number of benzene rings is 1. The molecule has 1 aliphatic heterocycles. The number of hydrogen-bond donors (Lipinski definition) is 1. The molecule has 1 saturated heterocycles. The predicted molar refractivity (Wildman–Crippen MR) is 79.4 cm³/mol. The molecule has 0 spiro atoms. The van der Waals surface area contributed by atoms with Crippen LogP contribution in [0, 0.1) is 10.1 Å². The van der Waals surface area contributed by atoms with E-state index in [2.05, 4.69) is 0 Å². The van der Waals surface area contributed by atoms with Crippen LogP contribution < -0.4 is 5.73 Å². The molecule has 7 nitrogen and oxygen atoms in total. The molecule has 0 atom stereocenters. The number of nitro groups is 1. The second-order valence-electron chi connectivity index (χ2n) is 5.15. The molecule has 0 aromatic heterocycles. The molecular weight excluding hydrogens is 294 g/mol. The molecule has 8 heteroatoms. The van der Waals surface area contributed by atoms with Gasteiger partial charge >= 0.3 is 0 Å². The van der Waals surface area contributed by atoms with Gasteiger partial charge in [-0.15, -0.1) is 0 Å². The number of nitrogen functional groups attached to an aromatic ring is 1. The summed E-state index contributed by atoms with van der Waals surface area (Å²) in [5.74, 6) is 0. The maximum Gasteiger partial charge on any atom is 0.292 e. The van der Waals surface area contributed by atoms with Gasteiger partial charge < -0.3 is 5.73 Å². The van der Waals surface area contributed by atoms with Crippen LogP contribution in [0.2, 0.25) is 0 Å². The van der Waals surface area contributed by atoms with Crippen molar-refractivity contribution in [3.05, 3.63) is 28.3 Å². The quantitative estimate of drug-likeness (QED) is 0.522. The van der Waals surface area contributed by atoms with Crippen LogP contribution in [0.25, 0.3) is 0 Å². The van der Waals surface area contributed by atoms with E-state index in [1.54, 1.807) is 0 Å². The molecular formula is C13H19N3O4S. The van der Waals surface area contributed by atoms with Gasteiger partial charge in [-0.2, -0.15) is 4.31 Å². The monoisotopic (exact) mass is 313 g/mol. The van der Waals surface area contributed by atoms with Crippen molar-refractivity contribution >= 4 is 21.4 Å². The lowest BCUT2D eigenvalue weighted by atomic mass is 10.1. The Morgan fingerprint density at radius 2 is 1.67 bits per heavy atom. The Morgan fingerprint density at radius 1 is 1.10 bits per heavy atom. The topological polar surface area (TPSA) is 107 Å². The van der Waals surface area contributed by atoms with Crippen molar-refractivity contribution < 1.29 is 13.3 Å². The molecule has 0 unspecified atom stereocenters. The lowest BCUT2D eigenvalue weighted by Gasteiger charge is -2.24. The highest BCUT2D eigenvalue weighted by Crippen LogP contribution is 2.27. The Bertz CT molecular complexity index is 622. The summed E-state index contributed by atoms with van der Waals surface area (Å²) in [6.45, 7) is 0.971. The number of nitro benzene ring substituents is 1. The lowest BCUT2D eigenvalue weighted by Crippen LogP contribution is -2.33. The van der Waals surface area contributed by atoms with Crippen molar-refractivity contribution in [2.75, 3.05) is 18.8 Å². The lowest BCUT2D eigenvalue weighted by molar-refractivity contribution is -0.383. The van der Waals surface area contributed by atoms with Crippen LogP contribution in [0.3, 0.4) is 0 Å². The summed E-state index contributed by atoms with van der Waals surface area (Å²) in [5.41, 5.74) is 5.17. The van der Waals surface area contributed by atoms with Crippen molar-refractivity contribution in [1.29, 1.82) is 0 Å². The van der Waals surface area contributed by atoms with E-state index in [0.29, 0.717) is 13.1 Å². The van der Waals surface area contributed by atoms with E-state index in [0.717, 1.165) is 38.2 Å². The standard InChI is InChI=1S/C13H19N3O4S/c14-12-10-11(6-7-13(12)16(17)18)21(19,20)15-8-4-2-1-3-5-9-15/h6-7,10H,1-5,8-9,14H2. The number of sulfonamides is 1. The van der Waals surface area contributed by atoms with E-state index in [9.17, 15) is 18.5 Å². The maximum absolute atomic E-state index is 12.6. The van der Waals surface area contributed by atoms with Crippen LogP contribution in [0.1, 0.15) is 32.1 Å². The molecule has 1 heterocycles. The Balaban J connectivity index is 2.29. The zero-order valence-electron chi connectivity index (χ0n) is 11.7. The molecule has 1 aromatic rings. The number of nitrogens with two attached hydrogens (primary N) is 1. The van der Waals surface area contributed by atoms with Crippen LogP contribution in [-0.2, 0) is 10.0 Å². The van der Waals surface area contributed by atoms with Gasteiger partial charge in [0.25, 0.3) is 5.69 Å². The molecule has 1 fully saturated rings. The molecule has 2 rings (SSSR count). The van der Waals surface area contributed by atoms with Gasteiger partial charge in [-0.1, -0.05) is 19.3 Å². The first-order valence-electron chi connectivity index (χ1n) is 6.97. The van der Waals surface area contributed by atoms with E-state index in [1.165, 1.54) is 16.4 Å². The Kier molecular flexibility index (Phi) is 4.79. The molecule has 21 heavy (non-hydrogen) atoms. The van der Waals surface area contributed by atoms with Crippen molar-refractivity contribution in [2.45, 2.75) is 37.0 Å². The van der Waals surface area contributed by atoms with E-state index in [-0.39, 0.29) is 16.3 Å². The van der Waals surface area contributed by atoms with Crippen LogP contribution in [0.15, 0.2) is 23.1 Å². The van der Waals surface area contributed by atoms with Crippen molar-refractivity contribution in [3.63, 3.8) is 0 Å². The third-order valence-corrected chi connectivity index (χ3v) is 5.54. The number of hydrogen-bond acceptors (Lipinski definition) is 5. The van der Waals surface area contributed by atoms with E-state index >= 15 is 0 Å². The van der Waals surface area contributed by atoms with Crippen LogP contribution in [0.4, 0.5) is 11.4 Å². The van der Waals surface area contributed by atoms with Gasteiger partial charge in [-0.3, -0.25) is 10.1 Å². The maximum atomic E-state index is 12.6. The summed E-state index contributed by atoms with van der Waals surface area (Å²) in [6.07, 6.45) is 4.85. The average Bonchev–Trinajstić information content (AvgIpc) is 2.37. The minimum Gasteiger partial charge on any atom is -0.393 e. The minimum absolute atomic E-state index is 0.0196. The Labute approximate surface area is 123 Å². The summed E-state index contributed by atoms with van der Waals surface area (Å²) in [5, 5.41) is 10.7. The highest BCUT2D eigenvalue weighted by molar-refractivity contribution is 7.89. The molecule has 116 valence electrons. The van der Waals surface area contributed by atoms with Crippen LogP contribution in [0.5, 0.6) is 0 Å². The summed E-state index contributed by atoms with van der Waals surface area (Å²) in [7, 11) is -3.64. The van der Waals surface area contributed by atoms with E-state index in [4.69, 9.17) is 5.73 Å². The molecule has 0 aliphatic carbocycles. The zero-order valence-corrected chi connectivity index (χ0v) is 12.5. The van der Waals surface area contributed by atoms with Crippen LogP contribution in [-0.4, -0.2) is 30.7 Å². The molecule has 0 bridgehead atoms. The van der Waals surface area contributed by atoms with Gasteiger partial charge in [0, 0.05) is 19.2 Å². The van der Waals surface area contributed by atoms with Gasteiger partial charge in [-0.05, 0) is 25.0 Å². The summed E-state index contributed by atoms with van der Waals surface area (Å²) in [4.78, 5) is 10.1. The molecule has 1 aliphatic rings. The first-order valence-corrected chi connectivity index (χ1v) is 8.41. The predicted octanol–water partition coefficient (Wildman–Crippen LogP) is 2.13.